The fourth-order valence-electron chi connectivity index (χ4n) is 6.40. The summed E-state index contributed by atoms with van der Waals surface area (Å²) >= 11 is 6.03. The average molecular weight is 621 g/mol. The predicted octanol–water partition coefficient (Wildman–Crippen LogP) is 6.96. The van der Waals surface area contributed by atoms with Crippen LogP contribution in [0.5, 0.6) is 11.5 Å². The van der Waals surface area contributed by atoms with Crippen molar-refractivity contribution in [1.82, 2.24) is 14.5 Å². The Kier molecular flexibility index (Phi) is 7.39. The molecule has 1 saturated heterocycles. The number of halogens is 3. The number of nitrogens with zero attached hydrogens (tertiary/aromatic N) is 4. The number of fused-ring (bicyclic) bond motifs is 5. The van der Waals surface area contributed by atoms with Crippen molar-refractivity contribution in [3.8, 4) is 28.3 Å². The number of phenolic OH excluding ortho intramolecular Hbond substituents is 1. The summed E-state index contributed by atoms with van der Waals surface area (Å²) in [4.78, 5) is 20.8. The highest BCUT2D eigenvalue weighted by molar-refractivity contribution is 7.71. The molecule has 1 N–H and O–H groups in total. The SMILES string of the molecule is C=CC(=O)N1CC2COc3c(c4cc(F)c(-c5c(O)cccc5F)c(F)c4n(-c4c(C)ccnc4C(C)C)c3=S)N2CC1C. The van der Waals surface area contributed by atoms with E-state index in [1.807, 2.05) is 32.6 Å². The number of pyridine rings is 2. The molecule has 4 aromatic rings. The van der Waals surface area contributed by atoms with Crippen molar-refractivity contribution >= 4 is 34.7 Å². The Hall–Kier alpha value is -4.38. The van der Waals surface area contributed by atoms with Crippen LogP contribution in [0, 0.1) is 29.0 Å². The van der Waals surface area contributed by atoms with Gasteiger partial charge in [0.25, 0.3) is 0 Å². The van der Waals surface area contributed by atoms with E-state index in [-0.39, 0.29) is 51.8 Å². The number of aromatic nitrogens is 2. The molecule has 2 aromatic carbocycles. The number of benzene rings is 2. The smallest absolute Gasteiger partial charge is 0.246 e. The van der Waals surface area contributed by atoms with Gasteiger partial charge in [-0.05, 0) is 55.7 Å². The van der Waals surface area contributed by atoms with Crippen molar-refractivity contribution in [3.63, 3.8) is 0 Å². The summed E-state index contributed by atoms with van der Waals surface area (Å²) in [7, 11) is 0. The Morgan fingerprint density at radius 2 is 1.91 bits per heavy atom. The number of aryl methyl sites for hydroxylation is 1. The lowest BCUT2D eigenvalue weighted by Crippen LogP contribution is -2.61. The first-order valence-corrected chi connectivity index (χ1v) is 14.7. The van der Waals surface area contributed by atoms with Crippen LogP contribution >= 0.6 is 12.2 Å². The number of ether oxygens (including phenoxy) is 1. The molecule has 0 aliphatic carbocycles. The largest absolute Gasteiger partial charge is 0.507 e. The molecule has 1 amide bonds. The highest BCUT2D eigenvalue weighted by Crippen LogP contribution is 2.48. The van der Waals surface area contributed by atoms with E-state index in [4.69, 9.17) is 17.0 Å². The highest BCUT2D eigenvalue weighted by Gasteiger charge is 2.40. The molecule has 11 heteroatoms. The first-order chi connectivity index (χ1) is 21.0. The summed E-state index contributed by atoms with van der Waals surface area (Å²) in [5.41, 5.74) is 0.851. The summed E-state index contributed by atoms with van der Waals surface area (Å²) in [5.74, 6) is -3.79. The number of aromatic hydroxyl groups is 1. The van der Waals surface area contributed by atoms with Crippen molar-refractivity contribution in [2.24, 2.45) is 0 Å². The fourth-order valence-corrected chi connectivity index (χ4v) is 6.73. The van der Waals surface area contributed by atoms with Crippen LogP contribution in [0.25, 0.3) is 27.7 Å². The summed E-state index contributed by atoms with van der Waals surface area (Å²) in [6, 6.07) is 5.79. The number of hydrogen-bond donors (Lipinski definition) is 1. The first kappa shape index (κ1) is 29.7. The van der Waals surface area contributed by atoms with Gasteiger partial charge in [0.05, 0.1) is 39.8 Å². The number of piperazine rings is 1. The standard InChI is InChI=1S/C33H31F3N4O3S/c1-6-24(42)38-14-19-15-43-32-31(39(19)13-18(38)5)20-12-22(35)26(25-21(34)8-7-9-23(25)41)27(36)30(20)40(33(32)44)29-17(4)10-11-37-28(29)16(2)3/h6-12,16,18-19,41H,1,13-15H2,2-5H3. The lowest BCUT2D eigenvalue weighted by atomic mass is 9.96. The first-order valence-electron chi connectivity index (χ1n) is 14.3. The molecule has 2 atom stereocenters. The molecule has 2 aromatic heterocycles. The monoisotopic (exact) mass is 620 g/mol. The second kappa shape index (κ2) is 11.0. The number of hydrogen-bond acceptors (Lipinski definition) is 6. The predicted molar refractivity (Wildman–Crippen MR) is 166 cm³/mol. The highest BCUT2D eigenvalue weighted by atomic mass is 32.1. The van der Waals surface area contributed by atoms with Crippen LogP contribution in [0.3, 0.4) is 0 Å². The third-order valence-corrected chi connectivity index (χ3v) is 8.82. The summed E-state index contributed by atoms with van der Waals surface area (Å²) in [6.07, 6.45) is 2.92. The molecule has 0 bridgehead atoms. The second-order valence-corrected chi connectivity index (χ2v) is 12.0. The van der Waals surface area contributed by atoms with Crippen LogP contribution in [0.15, 0.2) is 49.2 Å². The van der Waals surface area contributed by atoms with Gasteiger partial charge in [0, 0.05) is 30.7 Å². The fraction of sp³-hybridized carbons (Fsp3) is 0.303. The van der Waals surface area contributed by atoms with E-state index >= 15 is 13.2 Å². The Labute approximate surface area is 257 Å². The number of carbonyl (C=O) groups is 1. The summed E-state index contributed by atoms with van der Waals surface area (Å²) in [6.45, 7) is 12.1. The van der Waals surface area contributed by atoms with Crippen molar-refractivity contribution in [1.29, 1.82) is 0 Å². The third kappa shape index (κ3) is 4.44. The Balaban J connectivity index is 1.75. The van der Waals surface area contributed by atoms with E-state index in [9.17, 15) is 9.90 Å². The molecular formula is C33H31F3N4O3S. The third-order valence-electron chi connectivity index (χ3n) is 8.46. The molecule has 0 spiro atoms. The van der Waals surface area contributed by atoms with Gasteiger partial charge < -0.3 is 19.6 Å². The summed E-state index contributed by atoms with van der Waals surface area (Å²) in [5, 5.41) is 10.7. The molecule has 7 nitrogen and oxygen atoms in total. The normalized spacial score (nSPS) is 17.8. The van der Waals surface area contributed by atoms with Gasteiger partial charge in [0.15, 0.2) is 16.2 Å². The van der Waals surface area contributed by atoms with Crippen molar-refractivity contribution in [2.45, 2.75) is 45.7 Å². The number of anilines is 1. The number of rotatable bonds is 4. The van der Waals surface area contributed by atoms with E-state index in [1.54, 1.807) is 17.2 Å². The van der Waals surface area contributed by atoms with Gasteiger partial charge in [0.2, 0.25) is 5.91 Å². The number of carbonyl (C=O) groups excluding carboxylic acids is 1. The Morgan fingerprint density at radius 1 is 1.16 bits per heavy atom. The van der Waals surface area contributed by atoms with Gasteiger partial charge in [-0.2, -0.15) is 0 Å². The van der Waals surface area contributed by atoms with E-state index in [1.165, 1.54) is 22.8 Å². The van der Waals surface area contributed by atoms with Gasteiger partial charge in [-0.15, -0.1) is 0 Å². The molecule has 2 aliphatic rings. The van der Waals surface area contributed by atoms with Crippen molar-refractivity contribution in [2.75, 3.05) is 24.6 Å². The molecule has 2 aliphatic heterocycles. The van der Waals surface area contributed by atoms with Crippen LogP contribution < -0.4 is 9.64 Å². The molecule has 0 radical (unpaired) electrons. The molecular weight excluding hydrogens is 589 g/mol. The van der Waals surface area contributed by atoms with E-state index in [0.717, 1.165) is 17.7 Å². The zero-order valence-corrected chi connectivity index (χ0v) is 25.5. The molecule has 2 unspecified atom stereocenters. The van der Waals surface area contributed by atoms with Crippen LogP contribution in [-0.4, -0.2) is 57.2 Å². The zero-order valence-electron chi connectivity index (χ0n) is 24.7. The van der Waals surface area contributed by atoms with Gasteiger partial charge >= 0.3 is 0 Å². The van der Waals surface area contributed by atoms with Gasteiger partial charge in [-0.25, -0.2) is 13.2 Å². The molecule has 228 valence electrons. The second-order valence-electron chi connectivity index (χ2n) is 11.6. The van der Waals surface area contributed by atoms with Crippen LogP contribution in [0.4, 0.5) is 18.9 Å². The molecule has 44 heavy (non-hydrogen) atoms. The van der Waals surface area contributed by atoms with E-state index in [2.05, 4.69) is 11.6 Å². The minimum atomic E-state index is -1.09. The molecule has 1 fully saturated rings. The minimum Gasteiger partial charge on any atom is -0.507 e. The summed E-state index contributed by atoms with van der Waals surface area (Å²) < 4.78 is 56.3. The minimum absolute atomic E-state index is 0.0990. The number of amides is 1. The Morgan fingerprint density at radius 3 is 2.59 bits per heavy atom. The lowest BCUT2D eigenvalue weighted by Gasteiger charge is -2.48. The molecule has 0 saturated carbocycles. The van der Waals surface area contributed by atoms with Crippen LogP contribution in [0.2, 0.25) is 0 Å². The quantitative estimate of drug-likeness (QED) is 0.197. The van der Waals surface area contributed by atoms with Crippen molar-refractivity contribution in [3.05, 3.63) is 82.5 Å². The average Bonchev–Trinajstić information content (AvgIpc) is 2.98. The maximum atomic E-state index is 17.1. The maximum Gasteiger partial charge on any atom is 0.246 e. The van der Waals surface area contributed by atoms with Crippen LogP contribution in [0.1, 0.15) is 37.9 Å². The topological polar surface area (TPSA) is 70.8 Å². The van der Waals surface area contributed by atoms with Crippen LogP contribution in [-0.2, 0) is 4.79 Å². The molecule has 6 rings (SSSR count). The van der Waals surface area contributed by atoms with Crippen molar-refractivity contribution < 1.29 is 27.8 Å². The van der Waals surface area contributed by atoms with Gasteiger partial charge in [0.1, 0.15) is 24.0 Å². The lowest BCUT2D eigenvalue weighted by molar-refractivity contribution is -0.129. The number of phenols is 1. The zero-order chi connectivity index (χ0) is 31.6. The maximum absolute atomic E-state index is 17.1. The van der Waals surface area contributed by atoms with E-state index < -0.39 is 34.3 Å². The molecule has 4 heterocycles. The van der Waals surface area contributed by atoms with Gasteiger partial charge in [-0.1, -0.05) is 38.7 Å². The Bertz CT molecular complexity index is 1910. The van der Waals surface area contributed by atoms with Gasteiger partial charge in [-0.3, -0.25) is 14.3 Å². The van der Waals surface area contributed by atoms with E-state index in [0.29, 0.717) is 30.2 Å².